The summed E-state index contributed by atoms with van der Waals surface area (Å²) >= 11 is 0. The summed E-state index contributed by atoms with van der Waals surface area (Å²) in [4.78, 5) is 8.51. The monoisotopic (exact) mass is 402 g/mol. The van der Waals surface area contributed by atoms with Crippen LogP contribution in [-0.4, -0.2) is 23.2 Å². The third kappa shape index (κ3) is 3.34. The van der Waals surface area contributed by atoms with Gasteiger partial charge in [0.2, 0.25) is 0 Å². The summed E-state index contributed by atoms with van der Waals surface area (Å²) < 4.78 is 25.6. The van der Waals surface area contributed by atoms with E-state index in [1.54, 1.807) is 12.1 Å². The second-order valence-corrected chi connectivity index (χ2v) is 7.16. The maximum absolute atomic E-state index is 14.4. The first-order valence-corrected chi connectivity index (χ1v) is 9.56. The molecule has 0 radical (unpaired) electrons. The lowest BCUT2D eigenvalue weighted by Gasteiger charge is -2.18. The molecule has 0 aliphatic carbocycles. The SMILES string of the molecule is Cc1cc(N)c2cc(Nc3nc(-c4ccc5c(c4)OCCO5)ncc3F)ccc2c1. The fraction of sp³-hybridized carbons (Fsp3) is 0.130. The summed E-state index contributed by atoms with van der Waals surface area (Å²) in [6.45, 7) is 3.00. The van der Waals surface area contributed by atoms with E-state index in [9.17, 15) is 4.39 Å². The van der Waals surface area contributed by atoms with E-state index < -0.39 is 5.82 Å². The second-order valence-electron chi connectivity index (χ2n) is 7.16. The number of rotatable bonds is 3. The number of fused-ring (bicyclic) bond motifs is 2. The molecule has 3 aromatic carbocycles. The van der Waals surface area contributed by atoms with Gasteiger partial charge in [0.15, 0.2) is 29.0 Å². The molecule has 0 atom stereocenters. The third-order valence-electron chi connectivity index (χ3n) is 4.94. The van der Waals surface area contributed by atoms with Gasteiger partial charge in [0, 0.05) is 22.3 Å². The zero-order chi connectivity index (χ0) is 20.7. The lowest BCUT2D eigenvalue weighted by atomic mass is 10.0. The van der Waals surface area contributed by atoms with E-state index in [1.165, 1.54) is 0 Å². The van der Waals surface area contributed by atoms with Gasteiger partial charge in [-0.05, 0) is 54.3 Å². The number of nitrogen functional groups attached to an aromatic ring is 1. The number of benzene rings is 3. The van der Waals surface area contributed by atoms with Gasteiger partial charge in [0.25, 0.3) is 0 Å². The molecular weight excluding hydrogens is 383 g/mol. The van der Waals surface area contributed by atoms with Gasteiger partial charge in [-0.1, -0.05) is 12.1 Å². The van der Waals surface area contributed by atoms with Crippen LogP contribution in [0.2, 0.25) is 0 Å². The van der Waals surface area contributed by atoms with Crippen LogP contribution >= 0.6 is 0 Å². The third-order valence-corrected chi connectivity index (χ3v) is 4.94. The minimum Gasteiger partial charge on any atom is -0.486 e. The Morgan fingerprint density at radius 1 is 1.00 bits per heavy atom. The lowest BCUT2D eigenvalue weighted by molar-refractivity contribution is 0.171. The molecule has 0 fully saturated rings. The summed E-state index contributed by atoms with van der Waals surface area (Å²) in [7, 11) is 0. The number of hydrogen-bond acceptors (Lipinski definition) is 6. The molecule has 1 aromatic heterocycles. The van der Waals surface area contributed by atoms with E-state index in [0.29, 0.717) is 47.5 Å². The average Bonchev–Trinajstić information content (AvgIpc) is 2.75. The summed E-state index contributed by atoms with van der Waals surface area (Å²) in [5.41, 5.74) is 9.31. The van der Waals surface area contributed by atoms with Crippen molar-refractivity contribution in [2.75, 3.05) is 24.3 Å². The number of anilines is 3. The molecule has 0 saturated carbocycles. The standard InChI is InChI=1S/C23H19FN4O2/c1-13-8-14-2-4-16(11-17(14)19(25)9-13)27-23-18(24)12-26-22(28-23)15-3-5-20-21(10-15)30-7-6-29-20/h2-5,8-12H,6-7,25H2,1H3,(H,26,27,28). The molecule has 5 rings (SSSR count). The number of hydrogen-bond donors (Lipinski definition) is 2. The highest BCUT2D eigenvalue weighted by Gasteiger charge is 2.15. The maximum Gasteiger partial charge on any atom is 0.184 e. The zero-order valence-electron chi connectivity index (χ0n) is 16.3. The second kappa shape index (κ2) is 7.18. The molecule has 6 nitrogen and oxygen atoms in total. The number of ether oxygens (including phenoxy) is 2. The first kappa shape index (κ1) is 18.2. The number of aryl methyl sites for hydroxylation is 1. The Hall–Kier alpha value is -3.87. The van der Waals surface area contributed by atoms with Crippen molar-refractivity contribution in [1.82, 2.24) is 9.97 Å². The normalized spacial score (nSPS) is 12.7. The molecule has 1 aliphatic heterocycles. The smallest absolute Gasteiger partial charge is 0.184 e. The molecule has 0 unspecified atom stereocenters. The van der Waals surface area contributed by atoms with Crippen molar-refractivity contribution in [1.29, 1.82) is 0 Å². The van der Waals surface area contributed by atoms with Gasteiger partial charge in [0.05, 0.1) is 6.20 Å². The highest BCUT2D eigenvalue weighted by Crippen LogP contribution is 2.34. The Morgan fingerprint density at radius 3 is 2.70 bits per heavy atom. The predicted octanol–water partition coefficient (Wildman–Crippen LogP) is 4.84. The van der Waals surface area contributed by atoms with Gasteiger partial charge in [-0.15, -0.1) is 0 Å². The largest absolute Gasteiger partial charge is 0.486 e. The number of aromatic nitrogens is 2. The molecule has 0 spiro atoms. The predicted molar refractivity (Wildman–Crippen MR) is 115 cm³/mol. The van der Waals surface area contributed by atoms with Crippen LogP contribution in [0, 0.1) is 12.7 Å². The van der Waals surface area contributed by atoms with E-state index in [1.807, 2.05) is 37.3 Å². The van der Waals surface area contributed by atoms with Crippen molar-refractivity contribution < 1.29 is 13.9 Å². The lowest BCUT2D eigenvalue weighted by Crippen LogP contribution is -2.15. The highest BCUT2D eigenvalue weighted by atomic mass is 19.1. The Labute approximate surface area is 172 Å². The molecule has 2 heterocycles. The molecule has 0 bridgehead atoms. The molecule has 30 heavy (non-hydrogen) atoms. The van der Waals surface area contributed by atoms with Crippen LogP contribution in [-0.2, 0) is 0 Å². The molecule has 1 aliphatic rings. The minimum absolute atomic E-state index is 0.0833. The van der Waals surface area contributed by atoms with Crippen LogP contribution in [0.5, 0.6) is 11.5 Å². The topological polar surface area (TPSA) is 82.3 Å². The minimum atomic E-state index is -0.548. The Morgan fingerprint density at radius 2 is 1.83 bits per heavy atom. The van der Waals surface area contributed by atoms with E-state index in [4.69, 9.17) is 15.2 Å². The van der Waals surface area contributed by atoms with Crippen molar-refractivity contribution in [3.8, 4) is 22.9 Å². The Bertz CT molecular complexity index is 1280. The van der Waals surface area contributed by atoms with Crippen molar-refractivity contribution in [2.24, 2.45) is 0 Å². The Balaban J connectivity index is 1.49. The average molecular weight is 402 g/mol. The van der Waals surface area contributed by atoms with Gasteiger partial charge < -0.3 is 20.5 Å². The van der Waals surface area contributed by atoms with Crippen molar-refractivity contribution in [3.05, 3.63) is 66.1 Å². The van der Waals surface area contributed by atoms with Gasteiger partial charge in [-0.2, -0.15) is 0 Å². The zero-order valence-corrected chi connectivity index (χ0v) is 16.3. The first-order chi connectivity index (χ1) is 14.6. The number of halogens is 1. The molecule has 7 heteroatoms. The van der Waals surface area contributed by atoms with Crippen LogP contribution < -0.4 is 20.5 Å². The van der Waals surface area contributed by atoms with Crippen molar-refractivity contribution >= 4 is 28.0 Å². The molecule has 3 N–H and O–H groups in total. The first-order valence-electron chi connectivity index (χ1n) is 9.56. The summed E-state index contributed by atoms with van der Waals surface area (Å²) in [6.07, 6.45) is 1.15. The van der Waals surface area contributed by atoms with Crippen LogP contribution in [0.25, 0.3) is 22.2 Å². The van der Waals surface area contributed by atoms with Gasteiger partial charge in [0.1, 0.15) is 13.2 Å². The van der Waals surface area contributed by atoms with Gasteiger partial charge >= 0.3 is 0 Å². The quantitative estimate of drug-likeness (QED) is 0.477. The van der Waals surface area contributed by atoms with Crippen LogP contribution in [0.15, 0.2) is 54.7 Å². The van der Waals surface area contributed by atoms with Crippen LogP contribution in [0.3, 0.4) is 0 Å². The van der Waals surface area contributed by atoms with E-state index in [2.05, 4.69) is 21.4 Å². The van der Waals surface area contributed by atoms with E-state index in [0.717, 1.165) is 22.5 Å². The van der Waals surface area contributed by atoms with E-state index in [-0.39, 0.29) is 5.82 Å². The molecule has 150 valence electrons. The summed E-state index contributed by atoms with van der Waals surface area (Å²) in [5.74, 6) is 1.22. The summed E-state index contributed by atoms with van der Waals surface area (Å²) in [5, 5.41) is 4.96. The summed E-state index contributed by atoms with van der Waals surface area (Å²) in [6, 6.07) is 15.1. The number of nitrogens with one attached hydrogen (secondary N) is 1. The van der Waals surface area contributed by atoms with Gasteiger partial charge in [-0.3, -0.25) is 0 Å². The van der Waals surface area contributed by atoms with Gasteiger partial charge in [-0.25, -0.2) is 14.4 Å². The number of nitrogens with two attached hydrogens (primary N) is 1. The van der Waals surface area contributed by atoms with Crippen molar-refractivity contribution in [3.63, 3.8) is 0 Å². The fourth-order valence-corrected chi connectivity index (χ4v) is 3.53. The fourth-order valence-electron chi connectivity index (χ4n) is 3.53. The molecule has 0 saturated heterocycles. The van der Waals surface area contributed by atoms with Crippen LogP contribution in [0.4, 0.5) is 21.6 Å². The van der Waals surface area contributed by atoms with Crippen LogP contribution in [0.1, 0.15) is 5.56 Å². The molecule has 0 amide bonds. The number of nitrogens with zero attached hydrogens (tertiary/aromatic N) is 2. The van der Waals surface area contributed by atoms with E-state index >= 15 is 0 Å². The maximum atomic E-state index is 14.4. The molecular formula is C23H19FN4O2. The van der Waals surface area contributed by atoms with Crippen molar-refractivity contribution in [2.45, 2.75) is 6.92 Å². The molecule has 4 aromatic rings. The highest BCUT2D eigenvalue weighted by molar-refractivity contribution is 5.96. The Kier molecular flexibility index (Phi) is 4.35.